The van der Waals surface area contributed by atoms with Crippen LogP contribution in [0.5, 0.6) is 0 Å². The largest absolute Gasteiger partial charge is 0.490 e. The number of carbonyl (C=O) groups is 1. The molecule has 2 saturated heterocycles. The van der Waals surface area contributed by atoms with Crippen molar-refractivity contribution in [3.05, 3.63) is 48.7 Å². The number of fused-ring (bicyclic) bond motifs is 2. The average Bonchev–Trinajstić information content (AvgIpc) is 3.42. The number of aliphatic carboxylic acids is 1. The molecule has 0 spiro atoms. The lowest BCUT2D eigenvalue weighted by molar-refractivity contribution is -0.192. The number of halogens is 3. The second kappa shape index (κ2) is 8.23. The third kappa shape index (κ3) is 4.41. The molecule has 2 aliphatic rings. The van der Waals surface area contributed by atoms with Crippen LogP contribution in [-0.4, -0.2) is 48.4 Å². The van der Waals surface area contributed by atoms with Crippen molar-refractivity contribution < 1.29 is 23.1 Å². The van der Waals surface area contributed by atoms with Gasteiger partial charge in [0.05, 0.1) is 22.5 Å². The quantitative estimate of drug-likeness (QED) is 0.630. The minimum atomic E-state index is -5.08. The van der Waals surface area contributed by atoms with Crippen molar-refractivity contribution in [1.82, 2.24) is 10.3 Å². The van der Waals surface area contributed by atoms with Gasteiger partial charge in [-0.2, -0.15) is 13.2 Å². The smallest absolute Gasteiger partial charge is 0.475 e. The van der Waals surface area contributed by atoms with Crippen molar-refractivity contribution >= 4 is 33.1 Å². The molecule has 5 rings (SSSR count). The highest BCUT2D eigenvalue weighted by Crippen LogP contribution is 2.34. The lowest BCUT2D eigenvalue weighted by Gasteiger charge is -2.19. The van der Waals surface area contributed by atoms with Crippen molar-refractivity contribution in [1.29, 1.82) is 0 Å². The van der Waals surface area contributed by atoms with Gasteiger partial charge in [0.15, 0.2) is 0 Å². The van der Waals surface area contributed by atoms with Crippen molar-refractivity contribution in [3.63, 3.8) is 0 Å². The first-order chi connectivity index (χ1) is 14.3. The maximum absolute atomic E-state index is 10.6. The summed E-state index contributed by atoms with van der Waals surface area (Å²) in [7, 11) is 0. The van der Waals surface area contributed by atoms with E-state index in [1.165, 1.54) is 46.8 Å². The van der Waals surface area contributed by atoms with Gasteiger partial charge in [0, 0.05) is 30.9 Å². The maximum Gasteiger partial charge on any atom is 0.490 e. The van der Waals surface area contributed by atoms with E-state index in [1.807, 2.05) is 17.5 Å². The summed E-state index contributed by atoms with van der Waals surface area (Å²) >= 11 is 1.82. The van der Waals surface area contributed by atoms with Gasteiger partial charge in [0.1, 0.15) is 0 Å². The topological polar surface area (TPSA) is 65.5 Å². The zero-order valence-corrected chi connectivity index (χ0v) is 16.7. The van der Waals surface area contributed by atoms with Crippen LogP contribution >= 0.6 is 11.3 Å². The number of rotatable bonds is 2. The van der Waals surface area contributed by atoms with Crippen LogP contribution < -0.4 is 10.2 Å². The molecule has 2 unspecified atom stereocenters. The number of hydrogen-bond donors (Lipinski definition) is 2. The van der Waals surface area contributed by atoms with Crippen LogP contribution in [0.15, 0.2) is 48.7 Å². The van der Waals surface area contributed by atoms with Crippen LogP contribution in [0.1, 0.15) is 0 Å². The highest BCUT2D eigenvalue weighted by Gasteiger charge is 2.38. The Morgan fingerprint density at radius 2 is 1.80 bits per heavy atom. The summed E-state index contributed by atoms with van der Waals surface area (Å²) in [6, 6.07) is 15.2. The molecule has 1 aromatic carbocycles. The van der Waals surface area contributed by atoms with Gasteiger partial charge in [-0.1, -0.05) is 18.2 Å². The summed E-state index contributed by atoms with van der Waals surface area (Å²) in [6.07, 6.45) is -3.03. The van der Waals surface area contributed by atoms with E-state index in [-0.39, 0.29) is 0 Å². The fourth-order valence-electron chi connectivity index (χ4n) is 3.89. The van der Waals surface area contributed by atoms with Gasteiger partial charge in [0.2, 0.25) is 0 Å². The molecule has 2 aromatic heterocycles. The normalized spacial score (nSPS) is 20.7. The summed E-state index contributed by atoms with van der Waals surface area (Å²) in [6.45, 7) is 4.69. The Hall–Kier alpha value is -2.65. The summed E-state index contributed by atoms with van der Waals surface area (Å²) < 4.78 is 33.1. The Labute approximate surface area is 175 Å². The van der Waals surface area contributed by atoms with E-state index in [0.717, 1.165) is 17.5 Å². The molecule has 0 aliphatic carbocycles. The maximum atomic E-state index is 10.6. The third-order valence-electron chi connectivity index (χ3n) is 5.42. The zero-order chi connectivity index (χ0) is 21.3. The van der Waals surface area contributed by atoms with E-state index in [4.69, 9.17) is 14.9 Å². The van der Waals surface area contributed by atoms with Gasteiger partial charge in [-0.25, -0.2) is 4.79 Å². The first-order valence-electron chi connectivity index (χ1n) is 9.52. The highest BCUT2D eigenvalue weighted by atomic mass is 32.1. The number of thiophene rings is 1. The molecule has 4 heterocycles. The predicted molar refractivity (Wildman–Crippen MR) is 111 cm³/mol. The minimum Gasteiger partial charge on any atom is -0.475 e. The Bertz CT molecular complexity index is 991. The van der Waals surface area contributed by atoms with Gasteiger partial charge in [-0.3, -0.25) is 4.98 Å². The SMILES string of the molecule is O=C(O)C(F)(F)F.c1ccc2sc(-c3ccc(N4CC5CNCC5C4)cn3)cc2c1. The Morgan fingerprint density at radius 1 is 1.13 bits per heavy atom. The fraction of sp³-hybridized carbons (Fsp3) is 0.333. The van der Waals surface area contributed by atoms with Crippen molar-refractivity contribution in [2.24, 2.45) is 11.8 Å². The molecule has 0 amide bonds. The van der Waals surface area contributed by atoms with Crippen LogP contribution in [0, 0.1) is 11.8 Å². The van der Waals surface area contributed by atoms with E-state index < -0.39 is 12.1 Å². The molecule has 0 saturated carbocycles. The molecular weight excluding hydrogens is 415 g/mol. The van der Waals surface area contributed by atoms with Crippen molar-refractivity contribution in [2.45, 2.75) is 6.18 Å². The zero-order valence-electron chi connectivity index (χ0n) is 15.9. The molecule has 30 heavy (non-hydrogen) atoms. The minimum absolute atomic E-state index is 0.817. The van der Waals surface area contributed by atoms with Crippen LogP contribution in [-0.2, 0) is 4.79 Å². The molecule has 2 atom stereocenters. The van der Waals surface area contributed by atoms with Crippen molar-refractivity contribution in [3.8, 4) is 10.6 Å². The third-order valence-corrected chi connectivity index (χ3v) is 6.56. The molecule has 0 bridgehead atoms. The van der Waals surface area contributed by atoms with Gasteiger partial charge in [-0.15, -0.1) is 11.3 Å². The van der Waals surface area contributed by atoms with E-state index >= 15 is 0 Å². The molecule has 2 fully saturated rings. The van der Waals surface area contributed by atoms with Crippen LogP contribution in [0.2, 0.25) is 0 Å². The average molecular weight is 435 g/mol. The molecule has 158 valence electrons. The van der Waals surface area contributed by atoms with Gasteiger partial charge in [-0.05, 0) is 41.5 Å². The number of pyridine rings is 1. The molecule has 2 N–H and O–H groups in total. The lowest BCUT2D eigenvalue weighted by atomic mass is 10.0. The second-order valence-electron chi connectivity index (χ2n) is 7.44. The monoisotopic (exact) mass is 435 g/mol. The number of aromatic nitrogens is 1. The Morgan fingerprint density at radius 3 is 2.37 bits per heavy atom. The first-order valence-corrected chi connectivity index (χ1v) is 10.3. The summed E-state index contributed by atoms with van der Waals surface area (Å²) in [5.41, 5.74) is 2.35. The number of alkyl halides is 3. The number of hydrogen-bond acceptors (Lipinski definition) is 5. The predicted octanol–water partition coefficient (Wildman–Crippen LogP) is 4.25. The molecule has 3 aromatic rings. The van der Waals surface area contributed by atoms with Crippen molar-refractivity contribution in [2.75, 3.05) is 31.1 Å². The number of carboxylic acid groups (broad SMARTS) is 1. The lowest BCUT2D eigenvalue weighted by Crippen LogP contribution is -2.25. The summed E-state index contributed by atoms with van der Waals surface area (Å²) in [5.74, 6) is -1.12. The molecule has 5 nitrogen and oxygen atoms in total. The van der Waals surface area contributed by atoms with E-state index in [0.29, 0.717) is 0 Å². The molecule has 2 aliphatic heterocycles. The number of nitrogens with zero attached hydrogens (tertiary/aromatic N) is 2. The standard InChI is InChI=1S/C19H19N3S.C2HF3O2/c1-2-4-18-13(3-1)7-19(23-18)17-6-5-16(10-21-17)22-11-14-8-20-9-15(14)12-22;3-2(4,5)1(6)7/h1-7,10,14-15,20H,8-9,11-12H2;(H,6,7). The summed E-state index contributed by atoms with van der Waals surface area (Å²) in [5, 5.41) is 11.9. The second-order valence-corrected chi connectivity index (χ2v) is 8.52. The first kappa shape index (κ1) is 20.6. The van der Waals surface area contributed by atoms with E-state index in [2.05, 4.69) is 52.7 Å². The van der Waals surface area contributed by atoms with Gasteiger partial charge < -0.3 is 15.3 Å². The van der Waals surface area contributed by atoms with Crippen LogP contribution in [0.25, 0.3) is 20.7 Å². The number of carboxylic acids is 1. The Balaban J connectivity index is 0.000000272. The van der Waals surface area contributed by atoms with E-state index in [9.17, 15) is 13.2 Å². The van der Waals surface area contributed by atoms with Gasteiger partial charge >= 0.3 is 12.1 Å². The fourth-order valence-corrected chi connectivity index (χ4v) is 4.93. The van der Waals surface area contributed by atoms with Gasteiger partial charge in [0.25, 0.3) is 0 Å². The Kier molecular flexibility index (Phi) is 5.66. The van der Waals surface area contributed by atoms with E-state index in [1.54, 1.807) is 0 Å². The number of benzene rings is 1. The molecule has 9 heteroatoms. The number of nitrogens with one attached hydrogen (secondary N) is 1. The highest BCUT2D eigenvalue weighted by molar-refractivity contribution is 7.22. The number of anilines is 1. The summed E-state index contributed by atoms with van der Waals surface area (Å²) in [4.78, 5) is 17.4. The van der Waals surface area contributed by atoms with Crippen LogP contribution in [0.3, 0.4) is 0 Å². The molecule has 0 radical (unpaired) electrons. The van der Waals surface area contributed by atoms with Crippen LogP contribution in [0.4, 0.5) is 18.9 Å². The molecular formula is C21H20F3N3O2S.